The molecule has 3 aromatic rings. The van der Waals surface area contributed by atoms with Gasteiger partial charge in [0.25, 0.3) is 0 Å². The second-order valence-electron chi connectivity index (χ2n) is 6.99. The molecule has 0 aliphatic heterocycles. The Hall–Kier alpha value is -3.40. The lowest BCUT2D eigenvalue weighted by Gasteiger charge is -2.14. The third kappa shape index (κ3) is 6.32. The Bertz CT molecular complexity index is 944. The Morgan fingerprint density at radius 2 is 1.79 bits per heavy atom. The fourth-order valence-electron chi connectivity index (χ4n) is 3.18. The lowest BCUT2D eigenvalue weighted by atomic mass is 10.0. The third-order valence-electron chi connectivity index (χ3n) is 4.57. The Labute approximate surface area is 172 Å². The summed E-state index contributed by atoms with van der Waals surface area (Å²) in [5.41, 5.74) is 5.46. The summed E-state index contributed by atoms with van der Waals surface area (Å²) in [4.78, 5) is 16.0. The summed E-state index contributed by atoms with van der Waals surface area (Å²) in [6, 6.07) is 18.2. The van der Waals surface area contributed by atoms with E-state index in [0.717, 1.165) is 34.4 Å². The molecule has 29 heavy (non-hydrogen) atoms. The average molecular weight is 386 g/mol. The fraction of sp³-hybridized carbons (Fsp3) is 0.200. The molecule has 4 heteroatoms. The molecule has 0 aliphatic rings. The second kappa shape index (κ2) is 10.2. The molecule has 4 nitrogen and oxygen atoms in total. The van der Waals surface area contributed by atoms with Gasteiger partial charge in [0.2, 0.25) is 5.91 Å². The topological polar surface area (TPSA) is 51.2 Å². The van der Waals surface area contributed by atoms with Gasteiger partial charge < -0.3 is 10.1 Å². The zero-order valence-corrected chi connectivity index (χ0v) is 16.9. The molecular formula is C25H26N2O2. The van der Waals surface area contributed by atoms with Crippen molar-refractivity contribution in [1.82, 2.24) is 10.3 Å². The van der Waals surface area contributed by atoms with E-state index in [9.17, 15) is 4.79 Å². The van der Waals surface area contributed by atoms with Crippen molar-refractivity contribution >= 4 is 12.0 Å². The molecule has 0 saturated heterocycles. The maximum absolute atomic E-state index is 12.0. The van der Waals surface area contributed by atoms with Crippen molar-refractivity contribution in [1.29, 1.82) is 0 Å². The highest BCUT2D eigenvalue weighted by atomic mass is 16.5. The first-order chi connectivity index (χ1) is 14.1. The van der Waals surface area contributed by atoms with Gasteiger partial charge in [0, 0.05) is 25.0 Å². The molecule has 0 fully saturated rings. The highest BCUT2D eigenvalue weighted by molar-refractivity contribution is 5.91. The fourth-order valence-corrected chi connectivity index (χ4v) is 3.18. The first-order valence-corrected chi connectivity index (χ1v) is 9.74. The summed E-state index contributed by atoms with van der Waals surface area (Å²) in [6.45, 7) is 5.26. The van der Waals surface area contributed by atoms with E-state index < -0.39 is 0 Å². The molecule has 0 saturated carbocycles. The van der Waals surface area contributed by atoms with Crippen LogP contribution in [0.4, 0.5) is 0 Å². The van der Waals surface area contributed by atoms with Crippen LogP contribution in [0, 0.1) is 13.8 Å². The van der Waals surface area contributed by atoms with Crippen molar-refractivity contribution < 1.29 is 9.53 Å². The number of hydrogen-bond acceptors (Lipinski definition) is 3. The first-order valence-electron chi connectivity index (χ1n) is 9.74. The minimum Gasteiger partial charge on any atom is -0.488 e. The Kier molecular flexibility index (Phi) is 7.17. The number of aromatic nitrogens is 1. The van der Waals surface area contributed by atoms with Gasteiger partial charge in [-0.3, -0.25) is 9.78 Å². The van der Waals surface area contributed by atoms with E-state index in [1.54, 1.807) is 18.5 Å². The normalized spacial score (nSPS) is 10.8. The van der Waals surface area contributed by atoms with Crippen molar-refractivity contribution in [3.05, 3.63) is 101 Å². The summed E-state index contributed by atoms with van der Waals surface area (Å²) in [5.74, 6) is 0.825. The maximum Gasteiger partial charge on any atom is 0.244 e. The number of nitrogens with zero attached hydrogens (tertiary/aromatic N) is 1. The van der Waals surface area contributed by atoms with Gasteiger partial charge in [0.1, 0.15) is 12.4 Å². The predicted molar refractivity (Wildman–Crippen MR) is 117 cm³/mol. The van der Waals surface area contributed by atoms with Crippen LogP contribution in [-0.2, 0) is 17.8 Å². The monoisotopic (exact) mass is 386 g/mol. The lowest BCUT2D eigenvalue weighted by Crippen LogP contribution is -2.23. The molecule has 0 atom stereocenters. The summed E-state index contributed by atoms with van der Waals surface area (Å²) >= 11 is 0. The van der Waals surface area contributed by atoms with Gasteiger partial charge in [-0.15, -0.1) is 0 Å². The van der Waals surface area contributed by atoms with E-state index in [1.807, 2.05) is 30.3 Å². The molecule has 148 valence electrons. The number of amides is 1. The number of pyridine rings is 1. The van der Waals surface area contributed by atoms with Crippen molar-refractivity contribution in [3.63, 3.8) is 0 Å². The second-order valence-corrected chi connectivity index (χ2v) is 6.99. The molecule has 0 bridgehead atoms. The summed E-state index contributed by atoms with van der Waals surface area (Å²) in [6.07, 6.45) is 7.49. The van der Waals surface area contributed by atoms with E-state index >= 15 is 0 Å². The van der Waals surface area contributed by atoms with Crippen LogP contribution in [0.2, 0.25) is 0 Å². The molecule has 2 aromatic carbocycles. The summed E-state index contributed by atoms with van der Waals surface area (Å²) < 4.78 is 6.04. The van der Waals surface area contributed by atoms with Gasteiger partial charge in [0.15, 0.2) is 0 Å². The van der Waals surface area contributed by atoms with Gasteiger partial charge >= 0.3 is 0 Å². The molecule has 0 spiro atoms. The highest BCUT2D eigenvalue weighted by Crippen LogP contribution is 2.26. The van der Waals surface area contributed by atoms with Crippen LogP contribution < -0.4 is 10.1 Å². The molecule has 1 N–H and O–H groups in total. The number of hydrogen-bond donors (Lipinski definition) is 1. The number of rotatable bonds is 8. The minimum atomic E-state index is -0.106. The van der Waals surface area contributed by atoms with E-state index in [0.29, 0.717) is 13.2 Å². The molecule has 1 amide bonds. The Morgan fingerprint density at radius 1 is 1.03 bits per heavy atom. The standard InChI is InChI=1S/C25H26N2O2/c1-19-15-23(12-14-27-24(28)11-10-21-9-6-13-26-17-21)16-20(2)25(19)29-18-22-7-4-3-5-8-22/h3-11,13,15-17H,12,14,18H2,1-2H3,(H,27,28)/b11-10+. The van der Waals surface area contributed by atoms with Crippen LogP contribution in [0.15, 0.2) is 73.1 Å². The highest BCUT2D eigenvalue weighted by Gasteiger charge is 2.07. The first kappa shape index (κ1) is 20.3. The van der Waals surface area contributed by atoms with Gasteiger partial charge in [-0.25, -0.2) is 0 Å². The van der Waals surface area contributed by atoms with Crippen LogP contribution in [-0.4, -0.2) is 17.4 Å². The lowest BCUT2D eigenvalue weighted by molar-refractivity contribution is -0.116. The van der Waals surface area contributed by atoms with E-state index in [4.69, 9.17) is 4.74 Å². The molecule has 1 aromatic heterocycles. The van der Waals surface area contributed by atoms with Gasteiger partial charge in [0.05, 0.1) is 0 Å². The van der Waals surface area contributed by atoms with Gasteiger partial charge in [-0.05, 0) is 60.2 Å². The smallest absolute Gasteiger partial charge is 0.244 e. The number of ether oxygens (including phenoxy) is 1. The molecule has 0 aliphatic carbocycles. The molecule has 3 rings (SSSR count). The molecule has 1 heterocycles. The van der Waals surface area contributed by atoms with Crippen LogP contribution >= 0.6 is 0 Å². The summed E-state index contributed by atoms with van der Waals surface area (Å²) in [5, 5.41) is 2.92. The van der Waals surface area contributed by atoms with Crippen molar-refractivity contribution in [2.75, 3.05) is 6.54 Å². The van der Waals surface area contributed by atoms with Crippen molar-refractivity contribution in [2.24, 2.45) is 0 Å². The number of benzene rings is 2. The molecule has 0 unspecified atom stereocenters. The Morgan fingerprint density at radius 3 is 2.48 bits per heavy atom. The SMILES string of the molecule is Cc1cc(CCNC(=O)/C=C/c2cccnc2)cc(C)c1OCc1ccccc1. The van der Waals surface area contributed by atoms with Crippen LogP contribution in [0.1, 0.15) is 27.8 Å². The van der Waals surface area contributed by atoms with Crippen LogP contribution in [0.25, 0.3) is 6.08 Å². The quantitative estimate of drug-likeness (QED) is 0.573. The maximum atomic E-state index is 12.0. The number of aryl methyl sites for hydroxylation is 2. The third-order valence-corrected chi connectivity index (χ3v) is 4.57. The number of carbonyl (C=O) groups is 1. The van der Waals surface area contributed by atoms with Gasteiger partial charge in [-0.2, -0.15) is 0 Å². The van der Waals surface area contributed by atoms with Gasteiger partial charge in [-0.1, -0.05) is 48.5 Å². The van der Waals surface area contributed by atoms with Crippen LogP contribution in [0.5, 0.6) is 5.75 Å². The van der Waals surface area contributed by atoms with Crippen molar-refractivity contribution in [2.45, 2.75) is 26.9 Å². The van der Waals surface area contributed by atoms with E-state index in [1.165, 1.54) is 11.6 Å². The predicted octanol–water partition coefficient (Wildman–Crippen LogP) is 4.65. The Balaban J connectivity index is 1.51. The average Bonchev–Trinajstić information content (AvgIpc) is 2.73. The molecular weight excluding hydrogens is 360 g/mol. The number of carbonyl (C=O) groups excluding carboxylic acids is 1. The van der Waals surface area contributed by atoms with E-state index in [2.05, 4.69) is 48.4 Å². The van der Waals surface area contributed by atoms with Crippen molar-refractivity contribution in [3.8, 4) is 5.75 Å². The van der Waals surface area contributed by atoms with Crippen LogP contribution in [0.3, 0.4) is 0 Å². The summed E-state index contributed by atoms with van der Waals surface area (Å²) in [7, 11) is 0. The number of nitrogens with one attached hydrogen (secondary N) is 1. The zero-order chi connectivity index (χ0) is 20.5. The van der Waals surface area contributed by atoms with E-state index in [-0.39, 0.29) is 5.91 Å². The molecule has 0 radical (unpaired) electrons. The largest absolute Gasteiger partial charge is 0.488 e. The zero-order valence-electron chi connectivity index (χ0n) is 16.9. The minimum absolute atomic E-state index is 0.106.